The van der Waals surface area contributed by atoms with Gasteiger partial charge in [0, 0.05) is 17.1 Å². The normalized spacial score (nSPS) is 11.2. The predicted molar refractivity (Wildman–Crippen MR) is 83.6 cm³/mol. The van der Waals surface area contributed by atoms with E-state index < -0.39 is 0 Å². The summed E-state index contributed by atoms with van der Waals surface area (Å²) in [6.07, 6.45) is 2.57. The minimum absolute atomic E-state index is 0.513. The quantitative estimate of drug-likeness (QED) is 0.566. The number of fused-ring (bicyclic) bond motifs is 1. The average molecular weight is 282 g/mol. The van der Waals surface area contributed by atoms with Gasteiger partial charge in [0.15, 0.2) is 5.82 Å². The summed E-state index contributed by atoms with van der Waals surface area (Å²) in [5.41, 5.74) is 5.28. The molecule has 0 aliphatic carbocycles. The summed E-state index contributed by atoms with van der Waals surface area (Å²) in [5.74, 6) is 7.28. The maximum absolute atomic E-state index is 5.57. The smallest absolute Gasteiger partial charge is 0.165 e. The number of anilines is 1. The number of furan rings is 1. The van der Waals surface area contributed by atoms with Crippen LogP contribution in [0.1, 0.15) is 19.5 Å². The van der Waals surface area contributed by atoms with Crippen LogP contribution in [0.2, 0.25) is 0 Å². The van der Waals surface area contributed by atoms with E-state index in [-0.39, 0.29) is 0 Å². The van der Waals surface area contributed by atoms with Crippen molar-refractivity contribution in [2.45, 2.75) is 20.3 Å². The van der Waals surface area contributed by atoms with E-state index in [1.54, 1.807) is 6.26 Å². The summed E-state index contributed by atoms with van der Waals surface area (Å²) >= 11 is 0. The van der Waals surface area contributed by atoms with E-state index in [0.717, 1.165) is 28.6 Å². The van der Waals surface area contributed by atoms with Gasteiger partial charge in [0.1, 0.15) is 17.7 Å². The van der Waals surface area contributed by atoms with Gasteiger partial charge in [-0.15, -0.1) is 0 Å². The fourth-order valence-electron chi connectivity index (χ4n) is 2.37. The summed E-state index contributed by atoms with van der Waals surface area (Å²) in [4.78, 5) is 9.09. The van der Waals surface area contributed by atoms with Gasteiger partial charge in [-0.2, -0.15) is 0 Å². The molecule has 0 saturated carbocycles. The lowest BCUT2D eigenvalue weighted by molar-refractivity contribution is 0.616. The number of nitrogens with zero attached hydrogens (tertiary/aromatic N) is 2. The van der Waals surface area contributed by atoms with Crippen molar-refractivity contribution < 1.29 is 4.42 Å². The molecule has 3 rings (SSSR count). The van der Waals surface area contributed by atoms with Crippen LogP contribution in [0.25, 0.3) is 22.4 Å². The van der Waals surface area contributed by atoms with Crippen LogP contribution in [-0.4, -0.2) is 9.97 Å². The summed E-state index contributed by atoms with van der Waals surface area (Å²) in [7, 11) is 0. The molecular weight excluding hydrogens is 264 g/mol. The number of nitrogen functional groups attached to an aromatic ring is 1. The largest absolute Gasteiger partial charge is 0.464 e. The van der Waals surface area contributed by atoms with Crippen LogP contribution in [0.5, 0.6) is 0 Å². The number of nitrogens with one attached hydrogen (secondary N) is 1. The number of aromatic nitrogens is 2. The molecule has 2 heterocycles. The minimum Gasteiger partial charge on any atom is -0.464 e. The fourth-order valence-corrected chi connectivity index (χ4v) is 2.37. The first-order valence-corrected chi connectivity index (χ1v) is 6.98. The van der Waals surface area contributed by atoms with Crippen molar-refractivity contribution in [3.05, 3.63) is 42.3 Å². The highest BCUT2D eigenvalue weighted by Crippen LogP contribution is 2.29. The zero-order chi connectivity index (χ0) is 14.8. The van der Waals surface area contributed by atoms with E-state index in [2.05, 4.69) is 29.2 Å². The lowest BCUT2D eigenvalue weighted by Crippen LogP contribution is -2.11. The van der Waals surface area contributed by atoms with Crippen molar-refractivity contribution in [3.63, 3.8) is 0 Å². The molecule has 0 aliphatic rings. The van der Waals surface area contributed by atoms with E-state index in [9.17, 15) is 0 Å². The average Bonchev–Trinajstić information content (AvgIpc) is 2.90. The van der Waals surface area contributed by atoms with E-state index in [1.807, 2.05) is 30.3 Å². The number of hydrogen-bond acceptors (Lipinski definition) is 5. The fraction of sp³-hybridized carbons (Fsp3) is 0.250. The SMILES string of the molecule is CC(C)Cc1cc(NN)nc(-c2coc3ccccc23)n1. The Kier molecular flexibility index (Phi) is 3.58. The molecule has 0 radical (unpaired) electrons. The number of benzene rings is 1. The molecule has 108 valence electrons. The van der Waals surface area contributed by atoms with Crippen LogP contribution in [0.4, 0.5) is 5.82 Å². The molecule has 0 fully saturated rings. The lowest BCUT2D eigenvalue weighted by atomic mass is 10.1. The Morgan fingerprint density at radius 2 is 2.05 bits per heavy atom. The van der Waals surface area contributed by atoms with E-state index in [4.69, 9.17) is 10.3 Å². The van der Waals surface area contributed by atoms with Gasteiger partial charge in [0.2, 0.25) is 0 Å². The first-order chi connectivity index (χ1) is 10.2. The highest BCUT2D eigenvalue weighted by molar-refractivity contribution is 5.92. The van der Waals surface area contributed by atoms with Gasteiger partial charge in [-0.25, -0.2) is 15.8 Å². The topological polar surface area (TPSA) is 77.0 Å². The Morgan fingerprint density at radius 3 is 2.81 bits per heavy atom. The van der Waals surface area contributed by atoms with Crippen molar-refractivity contribution >= 4 is 16.8 Å². The Morgan fingerprint density at radius 1 is 1.24 bits per heavy atom. The molecule has 5 nitrogen and oxygen atoms in total. The summed E-state index contributed by atoms with van der Waals surface area (Å²) < 4.78 is 5.57. The van der Waals surface area contributed by atoms with Gasteiger partial charge < -0.3 is 9.84 Å². The zero-order valence-electron chi connectivity index (χ0n) is 12.1. The molecular formula is C16H18N4O. The van der Waals surface area contributed by atoms with E-state index in [0.29, 0.717) is 17.6 Å². The first-order valence-electron chi connectivity index (χ1n) is 6.98. The van der Waals surface area contributed by atoms with Crippen LogP contribution in [0.3, 0.4) is 0 Å². The molecule has 21 heavy (non-hydrogen) atoms. The van der Waals surface area contributed by atoms with Gasteiger partial charge in [-0.1, -0.05) is 32.0 Å². The molecule has 0 amide bonds. The van der Waals surface area contributed by atoms with E-state index >= 15 is 0 Å². The molecule has 0 bridgehead atoms. The van der Waals surface area contributed by atoms with Crippen molar-refractivity contribution in [1.29, 1.82) is 0 Å². The number of hydrogen-bond donors (Lipinski definition) is 2. The predicted octanol–water partition coefficient (Wildman–Crippen LogP) is 3.37. The summed E-state index contributed by atoms with van der Waals surface area (Å²) in [6.45, 7) is 4.31. The first kappa shape index (κ1) is 13.6. The van der Waals surface area contributed by atoms with Gasteiger partial charge >= 0.3 is 0 Å². The van der Waals surface area contributed by atoms with Gasteiger partial charge in [0.05, 0.1) is 5.56 Å². The van der Waals surface area contributed by atoms with Crippen molar-refractivity contribution in [3.8, 4) is 11.4 Å². The standard InChI is InChI=1S/C16H18N4O/c1-10(2)7-11-8-15(20-17)19-16(18-11)13-9-21-14-6-4-3-5-12(13)14/h3-6,8-10H,7,17H2,1-2H3,(H,18,19,20). The summed E-state index contributed by atoms with van der Waals surface area (Å²) in [6, 6.07) is 9.73. The monoisotopic (exact) mass is 282 g/mol. The number of para-hydroxylation sites is 1. The second kappa shape index (κ2) is 5.54. The summed E-state index contributed by atoms with van der Waals surface area (Å²) in [5, 5.41) is 1.00. The van der Waals surface area contributed by atoms with Gasteiger partial charge in [-0.05, 0) is 18.4 Å². The van der Waals surface area contributed by atoms with Crippen LogP contribution in [0, 0.1) is 5.92 Å². The van der Waals surface area contributed by atoms with Crippen LogP contribution in [-0.2, 0) is 6.42 Å². The maximum Gasteiger partial charge on any atom is 0.165 e. The highest BCUT2D eigenvalue weighted by Gasteiger charge is 2.13. The van der Waals surface area contributed by atoms with Crippen LogP contribution < -0.4 is 11.3 Å². The molecule has 2 aromatic heterocycles. The third-order valence-corrected chi connectivity index (χ3v) is 3.27. The number of rotatable bonds is 4. The Balaban J connectivity index is 2.12. The zero-order valence-corrected chi connectivity index (χ0v) is 12.1. The molecule has 1 aromatic carbocycles. The second-order valence-corrected chi connectivity index (χ2v) is 5.46. The molecule has 0 atom stereocenters. The minimum atomic E-state index is 0.513. The van der Waals surface area contributed by atoms with Crippen molar-refractivity contribution in [1.82, 2.24) is 9.97 Å². The Bertz CT molecular complexity index is 764. The maximum atomic E-state index is 5.57. The molecule has 0 spiro atoms. The molecule has 3 N–H and O–H groups in total. The molecule has 0 saturated heterocycles. The number of hydrazine groups is 1. The highest BCUT2D eigenvalue weighted by atomic mass is 16.3. The Labute approximate surface area is 123 Å². The molecule has 5 heteroatoms. The third kappa shape index (κ3) is 2.73. The molecule has 0 aliphatic heterocycles. The second-order valence-electron chi connectivity index (χ2n) is 5.46. The van der Waals surface area contributed by atoms with Gasteiger partial charge in [0.25, 0.3) is 0 Å². The Hall–Kier alpha value is -2.40. The van der Waals surface area contributed by atoms with Crippen LogP contribution >= 0.6 is 0 Å². The third-order valence-electron chi connectivity index (χ3n) is 3.27. The van der Waals surface area contributed by atoms with Crippen molar-refractivity contribution in [2.75, 3.05) is 5.43 Å². The molecule has 0 unspecified atom stereocenters. The van der Waals surface area contributed by atoms with E-state index in [1.165, 1.54) is 0 Å². The number of nitrogens with two attached hydrogens (primary N) is 1. The van der Waals surface area contributed by atoms with Crippen molar-refractivity contribution in [2.24, 2.45) is 11.8 Å². The van der Waals surface area contributed by atoms with Crippen LogP contribution in [0.15, 0.2) is 41.0 Å². The van der Waals surface area contributed by atoms with Gasteiger partial charge in [-0.3, -0.25) is 0 Å². The molecule has 3 aromatic rings. The lowest BCUT2D eigenvalue weighted by Gasteiger charge is -2.08.